The van der Waals surface area contributed by atoms with Crippen LogP contribution < -0.4 is 5.32 Å². The molecule has 20 heavy (non-hydrogen) atoms. The highest BCUT2D eigenvalue weighted by atomic mass is 16.5. The van der Waals surface area contributed by atoms with E-state index >= 15 is 0 Å². The molecule has 2 heteroatoms. The molecule has 0 saturated carbocycles. The minimum absolute atomic E-state index is 0.449. The van der Waals surface area contributed by atoms with E-state index in [0.717, 1.165) is 19.6 Å². The standard InChI is InChI=1S/C18H27NO/c1-2-3-6-11-19-15-10-9-14-13-20-18-8-5-4-7-16(18)17(14)12-15/h4-5,9-10,12,14,16-19H,2-3,6-8,11,13H2,1H3. The van der Waals surface area contributed by atoms with Crippen LogP contribution in [0.5, 0.6) is 0 Å². The lowest BCUT2D eigenvalue weighted by atomic mass is 9.71. The molecule has 0 aromatic rings. The summed E-state index contributed by atoms with van der Waals surface area (Å²) in [5, 5.41) is 3.60. The van der Waals surface area contributed by atoms with Gasteiger partial charge in [0, 0.05) is 18.2 Å². The second-order valence-electron chi connectivity index (χ2n) is 6.33. The average Bonchev–Trinajstić information content (AvgIpc) is 2.51. The van der Waals surface area contributed by atoms with Crippen molar-refractivity contribution in [3.8, 4) is 0 Å². The predicted octanol–water partition coefficient (Wildman–Crippen LogP) is 3.82. The first-order valence-corrected chi connectivity index (χ1v) is 8.29. The SMILES string of the molecule is CCCCCNC1=CC2C(C=C1)COC1CC=CCC12. The third kappa shape index (κ3) is 3.01. The van der Waals surface area contributed by atoms with Crippen LogP contribution in [0.15, 0.2) is 36.1 Å². The van der Waals surface area contributed by atoms with Crippen LogP contribution in [-0.4, -0.2) is 19.3 Å². The third-order valence-corrected chi connectivity index (χ3v) is 4.92. The Morgan fingerprint density at radius 2 is 2.15 bits per heavy atom. The van der Waals surface area contributed by atoms with Crippen LogP contribution >= 0.6 is 0 Å². The van der Waals surface area contributed by atoms with Crippen molar-refractivity contribution < 1.29 is 4.74 Å². The molecule has 0 amide bonds. The Morgan fingerprint density at radius 3 is 3.05 bits per heavy atom. The summed E-state index contributed by atoms with van der Waals surface area (Å²) in [6, 6.07) is 0. The molecule has 2 aliphatic carbocycles. The molecule has 0 aromatic carbocycles. The Labute approximate surface area is 123 Å². The molecule has 110 valence electrons. The smallest absolute Gasteiger partial charge is 0.0646 e. The van der Waals surface area contributed by atoms with Crippen LogP contribution in [0.25, 0.3) is 0 Å². The molecule has 1 fully saturated rings. The van der Waals surface area contributed by atoms with E-state index in [0.29, 0.717) is 23.9 Å². The van der Waals surface area contributed by atoms with E-state index in [1.54, 1.807) is 0 Å². The molecule has 3 aliphatic rings. The Balaban J connectivity index is 1.62. The van der Waals surface area contributed by atoms with Gasteiger partial charge in [-0.25, -0.2) is 0 Å². The summed E-state index contributed by atoms with van der Waals surface area (Å²) in [5.41, 5.74) is 1.33. The van der Waals surface area contributed by atoms with Crippen molar-refractivity contribution in [3.05, 3.63) is 36.1 Å². The maximum Gasteiger partial charge on any atom is 0.0646 e. The van der Waals surface area contributed by atoms with Crippen LogP contribution in [0.1, 0.15) is 39.0 Å². The van der Waals surface area contributed by atoms with Gasteiger partial charge in [-0.2, -0.15) is 0 Å². The molecule has 0 aromatic heterocycles. The lowest BCUT2D eigenvalue weighted by molar-refractivity contribution is -0.0680. The summed E-state index contributed by atoms with van der Waals surface area (Å²) >= 11 is 0. The maximum atomic E-state index is 6.05. The zero-order valence-electron chi connectivity index (χ0n) is 12.6. The molecule has 1 aliphatic heterocycles. The summed E-state index contributed by atoms with van der Waals surface area (Å²) in [7, 11) is 0. The fourth-order valence-electron chi connectivity index (χ4n) is 3.72. The lowest BCUT2D eigenvalue weighted by Crippen LogP contribution is -2.43. The molecule has 4 atom stereocenters. The van der Waals surface area contributed by atoms with Crippen molar-refractivity contribution in [1.82, 2.24) is 5.32 Å². The molecule has 1 heterocycles. The number of nitrogens with one attached hydrogen (secondary N) is 1. The summed E-state index contributed by atoms with van der Waals surface area (Å²) in [5.74, 6) is 1.93. The van der Waals surface area contributed by atoms with Crippen LogP contribution in [0.3, 0.4) is 0 Å². The minimum atomic E-state index is 0.449. The number of unbranched alkanes of at least 4 members (excludes halogenated alkanes) is 2. The van der Waals surface area contributed by atoms with Crippen molar-refractivity contribution in [2.75, 3.05) is 13.2 Å². The van der Waals surface area contributed by atoms with Crippen LogP contribution in [-0.2, 0) is 4.74 Å². The van der Waals surface area contributed by atoms with Gasteiger partial charge in [0.25, 0.3) is 0 Å². The first kappa shape index (κ1) is 13.9. The summed E-state index contributed by atoms with van der Waals surface area (Å²) < 4.78 is 6.05. The molecule has 2 nitrogen and oxygen atoms in total. The Kier molecular flexibility index (Phi) is 4.62. The zero-order chi connectivity index (χ0) is 13.8. The van der Waals surface area contributed by atoms with Crippen molar-refractivity contribution in [1.29, 1.82) is 0 Å². The quantitative estimate of drug-likeness (QED) is 0.607. The number of hydrogen-bond donors (Lipinski definition) is 1. The van der Waals surface area contributed by atoms with E-state index in [-0.39, 0.29) is 0 Å². The fourth-order valence-corrected chi connectivity index (χ4v) is 3.72. The van der Waals surface area contributed by atoms with Crippen LogP contribution in [0, 0.1) is 17.8 Å². The van der Waals surface area contributed by atoms with E-state index in [9.17, 15) is 0 Å². The predicted molar refractivity (Wildman–Crippen MR) is 83.3 cm³/mol. The van der Waals surface area contributed by atoms with Crippen LogP contribution in [0.2, 0.25) is 0 Å². The van der Waals surface area contributed by atoms with E-state index in [4.69, 9.17) is 4.74 Å². The van der Waals surface area contributed by atoms with Gasteiger partial charge in [0.05, 0.1) is 12.7 Å². The van der Waals surface area contributed by atoms with Gasteiger partial charge < -0.3 is 10.1 Å². The van der Waals surface area contributed by atoms with Crippen molar-refractivity contribution >= 4 is 0 Å². The van der Waals surface area contributed by atoms with E-state index in [1.807, 2.05) is 0 Å². The average molecular weight is 273 g/mol. The normalized spacial score (nSPS) is 35.1. The maximum absolute atomic E-state index is 6.05. The number of rotatable bonds is 5. The largest absolute Gasteiger partial charge is 0.385 e. The molecule has 4 unspecified atom stereocenters. The van der Waals surface area contributed by atoms with E-state index < -0.39 is 0 Å². The molecule has 0 spiro atoms. The van der Waals surface area contributed by atoms with Gasteiger partial charge >= 0.3 is 0 Å². The highest BCUT2D eigenvalue weighted by Crippen LogP contribution is 2.41. The minimum Gasteiger partial charge on any atom is -0.385 e. The second kappa shape index (κ2) is 6.62. The van der Waals surface area contributed by atoms with Gasteiger partial charge in [-0.1, -0.05) is 44.1 Å². The number of hydrogen-bond acceptors (Lipinski definition) is 2. The third-order valence-electron chi connectivity index (χ3n) is 4.92. The zero-order valence-corrected chi connectivity index (χ0v) is 12.6. The summed E-state index contributed by atoms with van der Waals surface area (Å²) in [6.07, 6.45) is 18.3. The molecule has 0 radical (unpaired) electrons. The van der Waals surface area contributed by atoms with Gasteiger partial charge in [-0.15, -0.1) is 0 Å². The fraction of sp³-hybridized carbons (Fsp3) is 0.667. The highest BCUT2D eigenvalue weighted by molar-refractivity contribution is 5.26. The van der Waals surface area contributed by atoms with E-state index in [2.05, 4.69) is 42.6 Å². The van der Waals surface area contributed by atoms with Gasteiger partial charge in [0.2, 0.25) is 0 Å². The van der Waals surface area contributed by atoms with Crippen molar-refractivity contribution in [2.24, 2.45) is 17.8 Å². The molecule has 1 saturated heterocycles. The second-order valence-corrected chi connectivity index (χ2v) is 6.33. The monoisotopic (exact) mass is 273 g/mol. The van der Waals surface area contributed by atoms with Crippen molar-refractivity contribution in [2.45, 2.75) is 45.1 Å². The lowest BCUT2D eigenvalue weighted by Gasteiger charge is -2.43. The first-order chi connectivity index (χ1) is 9.88. The number of fused-ring (bicyclic) bond motifs is 3. The van der Waals surface area contributed by atoms with Gasteiger partial charge in [-0.3, -0.25) is 0 Å². The molecular formula is C18H27NO. The molecule has 1 N–H and O–H groups in total. The molecule has 3 rings (SSSR count). The van der Waals surface area contributed by atoms with Gasteiger partial charge in [-0.05, 0) is 37.2 Å². The topological polar surface area (TPSA) is 21.3 Å². The Bertz CT molecular complexity index is 410. The first-order valence-electron chi connectivity index (χ1n) is 8.29. The molecule has 0 bridgehead atoms. The van der Waals surface area contributed by atoms with E-state index in [1.165, 1.54) is 31.4 Å². The van der Waals surface area contributed by atoms with Crippen LogP contribution in [0.4, 0.5) is 0 Å². The van der Waals surface area contributed by atoms with Gasteiger partial charge in [0.1, 0.15) is 0 Å². The molecular weight excluding hydrogens is 246 g/mol. The summed E-state index contributed by atoms with van der Waals surface area (Å²) in [6.45, 7) is 4.25. The van der Waals surface area contributed by atoms with Crippen molar-refractivity contribution in [3.63, 3.8) is 0 Å². The number of allylic oxidation sites excluding steroid dienone is 3. The number of ether oxygens (including phenoxy) is 1. The summed E-state index contributed by atoms with van der Waals surface area (Å²) in [4.78, 5) is 0. The van der Waals surface area contributed by atoms with Gasteiger partial charge in [0.15, 0.2) is 0 Å². The highest BCUT2D eigenvalue weighted by Gasteiger charge is 2.39. The Morgan fingerprint density at radius 1 is 1.25 bits per heavy atom. The Hall–Kier alpha value is -1.02.